The molecule has 1 N–H and O–H groups in total. The maximum absolute atomic E-state index is 11.8. The summed E-state index contributed by atoms with van der Waals surface area (Å²) in [6.07, 6.45) is 0. The van der Waals surface area contributed by atoms with Crippen LogP contribution in [0.3, 0.4) is 0 Å². The maximum atomic E-state index is 11.8. The van der Waals surface area contributed by atoms with Crippen LogP contribution in [0, 0.1) is 0 Å². The summed E-state index contributed by atoms with van der Waals surface area (Å²) in [4.78, 5) is 27.6. The molecule has 0 unspecified atom stereocenters. The average molecular weight is 386 g/mol. The third kappa shape index (κ3) is 4.06. The van der Waals surface area contributed by atoms with E-state index in [-0.39, 0.29) is 6.54 Å². The number of rotatable bonds is 7. The highest BCUT2D eigenvalue weighted by atomic mass is 32.2. The number of imidazole rings is 1. The molecule has 0 aliphatic carbocycles. The van der Waals surface area contributed by atoms with Crippen LogP contribution >= 0.6 is 11.8 Å². The standard InChI is InChI=1S/C19H18N2O5S/c1-25-16-8-7-12(18(24)26-2)9-13(16)11-27-19-20-14-5-3-4-6-15(14)21(19)10-17(22)23/h3-9H,10-11H2,1-2H3,(H,22,23). The molecule has 0 spiro atoms. The van der Waals surface area contributed by atoms with E-state index >= 15 is 0 Å². The molecule has 0 atom stereocenters. The number of carboxylic acids is 1. The number of hydrogen-bond donors (Lipinski definition) is 1. The van der Waals surface area contributed by atoms with Crippen LogP contribution in [0.1, 0.15) is 15.9 Å². The lowest BCUT2D eigenvalue weighted by molar-refractivity contribution is -0.137. The number of thioether (sulfide) groups is 1. The van der Waals surface area contributed by atoms with Crippen molar-refractivity contribution >= 4 is 34.7 Å². The number of benzene rings is 2. The first-order chi connectivity index (χ1) is 13.0. The van der Waals surface area contributed by atoms with Gasteiger partial charge in [0.2, 0.25) is 0 Å². The summed E-state index contributed by atoms with van der Waals surface area (Å²) in [5, 5.41) is 9.82. The fourth-order valence-corrected chi connectivity index (χ4v) is 3.72. The molecule has 3 aromatic rings. The highest BCUT2D eigenvalue weighted by molar-refractivity contribution is 7.98. The van der Waals surface area contributed by atoms with E-state index < -0.39 is 11.9 Å². The quantitative estimate of drug-likeness (QED) is 0.492. The second-order valence-corrected chi connectivity index (χ2v) is 6.61. The molecule has 0 amide bonds. The highest BCUT2D eigenvalue weighted by Crippen LogP contribution is 2.30. The SMILES string of the molecule is COC(=O)c1ccc(OC)c(CSc2nc3ccccc3n2CC(=O)O)c1. The minimum atomic E-state index is -0.940. The van der Waals surface area contributed by atoms with Crippen molar-refractivity contribution in [1.29, 1.82) is 0 Å². The van der Waals surface area contributed by atoms with E-state index in [0.29, 0.717) is 22.2 Å². The largest absolute Gasteiger partial charge is 0.496 e. The zero-order chi connectivity index (χ0) is 19.4. The molecule has 8 heteroatoms. The molecule has 0 aliphatic rings. The first-order valence-electron chi connectivity index (χ1n) is 8.08. The van der Waals surface area contributed by atoms with Gasteiger partial charge in [-0.25, -0.2) is 9.78 Å². The van der Waals surface area contributed by atoms with Crippen LogP contribution in [0.4, 0.5) is 0 Å². The van der Waals surface area contributed by atoms with Crippen molar-refractivity contribution in [3.05, 3.63) is 53.6 Å². The summed E-state index contributed by atoms with van der Waals surface area (Å²) in [6.45, 7) is -0.178. The van der Waals surface area contributed by atoms with Gasteiger partial charge in [0.05, 0.1) is 30.8 Å². The minimum absolute atomic E-state index is 0.178. The Labute approximate surface area is 159 Å². The lowest BCUT2D eigenvalue weighted by Crippen LogP contribution is -2.09. The number of aliphatic carboxylic acids is 1. The van der Waals surface area contributed by atoms with E-state index in [1.54, 1.807) is 29.9 Å². The van der Waals surface area contributed by atoms with Crippen LogP contribution in [0.25, 0.3) is 11.0 Å². The Bertz CT molecular complexity index is 999. The number of hydrogen-bond acceptors (Lipinski definition) is 6. The topological polar surface area (TPSA) is 90.7 Å². The molecule has 0 bridgehead atoms. The monoisotopic (exact) mass is 386 g/mol. The molecule has 0 saturated heterocycles. The van der Waals surface area contributed by atoms with Crippen molar-refractivity contribution in [2.75, 3.05) is 14.2 Å². The van der Waals surface area contributed by atoms with Crippen molar-refractivity contribution in [2.24, 2.45) is 0 Å². The van der Waals surface area contributed by atoms with E-state index in [0.717, 1.165) is 16.6 Å². The van der Waals surface area contributed by atoms with Gasteiger partial charge in [0.15, 0.2) is 5.16 Å². The van der Waals surface area contributed by atoms with Gasteiger partial charge in [-0.1, -0.05) is 23.9 Å². The molecule has 7 nitrogen and oxygen atoms in total. The Morgan fingerprint density at radius 3 is 2.67 bits per heavy atom. The number of carbonyl (C=O) groups excluding carboxylic acids is 1. The number of aromatic nitrogens is 2. The number of carboxylic acid groups (broad SMARTS) is 1. The molecule has 1 aromatic heterocycles. The summed E-state index contributed by atoms with van der Waals surface area (Å²) in [6, 6.07) is 12.4. The zero-order valence-electron chi connectivity index (χ0n) is 14.8. The van der Waals surface area contributed by atoms with Crippen molar-refractivity contribution in [3.8, 4) is 5.75 Å². The van der Waals surface area contributed by atoms with E-state index in [2.05, 4.69) is 4.98 Å². The first kappa shape index (κ1) is 18.8. The van der Waals surface area contributed by atoms with Gasteiger partial charge in [0, 0.05) is 11.3 Å². The van der Waals surface area contributed by atoms with E-state index in [9.17, 15) is 14.7 Å². The molecule has 2 aromatic carbocycles. The number of methoxy groups -OCH3 is 2. The second kappa shape index (κ2) is 8.13. The molecule has 1 heterocycles. The summed E-state index contributed by atoms with van der Waals surface area (Å²) in [5.41, 5.74) is 2.71. The Morgan fingerprint density at radius 2 is 1.96 bits per heavy atom. The molecule has 0 radical (unpaired) electrons. The molecular formula is C19H18N2O5S. The lowest BCUT2D eigenvalue weighted by Gasteiger charge is -2.10. The van der Waals surface area contributed by atoms with Gasteiger partial charge in [0.25, 0.3) is 0 Å². The Morgan fingerprint density at radius 1 is 1.19 bits per heavy atom. The van der Waals surface area contributed by atoms with Crippen LogP contribution in [-0.4, -0.2) is 40.8 Å². The van der Waals surface area contributed by atoms with Gasteiger partial charge < -0.3 is 19.1 Å². The lowest BCUT2D eigenvalue weighted by atomic mass is 10.1. The van der Waals surface area contributed by atoms with Crippen LogP contribution in [0.5, 0.6) is 5.75 Å². The third-order valence-electron chi connectivity index (χ3n) is 3.97. The summed E-state index contributed by atoms with van der Waals surface area (Å²) in [7, 11) is 2.89. The number of fused-ring (bicyclic) bond motifs is 1. The molecule has 0 saturated carbocycles. The van der Waals surface area contributed by atoms with Crippen molar-refractivity contribution < 1.29 is 24.2 Å². The van der Waals surface area contributed by atoms with Crippen LogP contribution in [0.15, 0.2) is 47.6 Å². The van der Waals surface area contributed by atoms with E-state index in [1.807, 2.05) is 24.3 Å². The van der Waals surface area contributed by atoms with Crippen molar-refractivity contribution in [2.45, 2.75) is 17.5 Å². The van der Waals surface area contributed by atoms with Gasteiger partial charge in [-0.05, 0) is 30.3 Å². The first-order valence-corrected chi connectivity index (χ1v) is 9.07. The maximum Gasteiger partial charge on any atom is 0.337 e. The molecule has 3 rings (SSSR count). The number of carbonyl (C=O) groups is 2. The molecule has 27 heavy (non-hydrogen) atoms. The van der Waals surface area contributed by atoms with E-state index in [4.69, 9.17) is 9.47 Å². The number of para-hydroxylation sites is 2. The summed E-state index contributed by atoms with van der Waals surface area (Å²) < 4.78 is 11.8. The predicted octanol–water partition coefficient (Wildman–Crippen LogP) is 3.21. The fraction of sp³-hybridized carbons (Fsp3) is 0.211. The fourth-order valence-electron chi connectivity index (χ4n) is 2.73. The van der Waals surface area contributed by atoms with E-state index in [1.165, 1.54) is 18.9 Å². The van der Waals surface area contributed by atoms with Crippen LogP contribution in [0.2, 0.25) is 0 Å². The summed E-state index contributed by atoms with van der Waals surface area (Å²) >= 11 is 1.38. The predicted molar refractivity (Wildman–Crippen MR) is 101 cm³/mol. The van der Waals surface area contributed by atoms with Crippen LogP contribution < -0.4 is 4.74 Å². The smallest absolute Gasteiger partial charge is 0.337 e. The van der Waals surface area contributed by atoms with Gasteiger partial charge >= 0.3 is 11.9 Å². The zero-order valence-corrected chi connectivity index (χ0v) is 15.7. The third-order valence-corrected chi connectivity index (χ3v) is 5.00. The van der Waals surface area contributed by atoms with Crippen molar-refractivity contribution in [1.82, 2.24) is 9.55 Å². The summed E-state index contributed by atoms with van der Waals surface area (Å²) in [5.74, 6) is -0.278. The Kier molecular flexibility index (Phi) is 5.66. The number of nitrogens with zero attached hydrogens (tertiary/aromatic N) is 2. The average Bonchev–Trinajstić information content (AvgIpc) is 3.02. The highest BCUT2D eigenvalue weighted by Gasteiger charge is 2.16. The minimum Gasteiger partial charge on any atom is -0.496 e. The Hall–Kier alpha value is -3.00. The normalized spacial score (nSPS) is 10.7. The van der Waals surface area contributed by atoms with Gasteiger partial charge in [0.1, 0.15) is 12.3 Å². The molecule has 0 fully saturated rings. The molecular weight excluding hydrogens is 368 g/mol. The van der Waals surface area contributed by atoms with Gasteiger partial charge in [-0.2, -0.15) is 0 Å². The molecule has 0 aliphatic heterocycles. The second-order valence-electron chi connectivity index (χ2n) is 5.67. The van der Waals surface area contributed by atoms with Crippen LogP contribution in [-0.2, 0) is 21.8 Å². The Balaban J connectivity index is 1.92. The van der Waals surface area contributed by atoms with Gasteiger partial charge in [-0.15, -0.1) is 0 Å². The number of esters is 1. The molecule has 140 valence electrons. The van der Waals surface area contributed by atoms with Crippen molar-refractivity contribution in [3.63, 3.8) is 0 Å². The number of ether oxygens (including phenoxy) is 2. The van der Waals surface area contributed by atoms with Gasteiger partial charge in [-0.3, -0.25) is 4.79 Å².